The van der Waals surface area contributed by atoms with Crippen molar-refractivity contribution in [3.05, 3.63) is 77.9 Å². The first-order valence-electron chi connectivity index (χ1n) is 7.14. The molecule has 112 valence electrons. The van der Waals surface area contributed by atoms with E-state index < -0.39 is 0 Å². The van der Waals surface area contributed by atoms with Crippen LogP contribution in [0.5, 0.6) is 0 Å². The summed E-state index contributed by atoms with van der Waals surface area (Å²) in [6.45, 7) is 0. The highest BCUT2D eigenvalue weighted by atomic mass is 35.5. The van der Waals surface area contributed by atoms with Gasteiger partial charge >= 0.3 is 0 Å². The molecule has 0 radical (unpaired) electrons. The van der Waals surface area contributed by atoms with Crippen LogP contribution in [-0.2, 0) is 0 Å². The van der Waals surface area contributed by atoms with Crippen molar-refractivity contribution in [3.63, 3.8) is 0 Å². The normalized spacial score (nSPS) is 11.0. The Morgan fingerprint density at radius 2 is 1.57 bits per heavy atom. The third kappa shape index (κ3) is 2.83. The maximum Gasteiger partial charge on any atom is 0.169 e. The van der Waals surface area contributed by atoms with Crippen LogP contribution in [0.1, 0.15) is 0 Å². The number of pyridine rings is 1. The molecule has 0 N–H and O–H groups in total. The van der Waals surface area contributed by atoms with E-state index in [1.807, 2.05) is 59.1 Å². The molecule has 0 bridgehead atoms. The van der Waals surface area contributed by atoms with E-state index in [0.717, 1.165) is 21.9 Å². The highest BCUT2D eigenvalue weighted by molar-refractivity contribution is 7.99. The van der Waals surface area contributed by atoms with Gasteiger partial charge in [-0.3, -0.25) is 4.40 Å². The van der Waals surface area contributed by atoms with E-state index in [-0.39, 0.29) is 0 Å². The Kier molecular flexibility index (Phi) is 3.77. The van der Waals surface area contributed by atoms with Gasteiger partial charge in [0.2, 0.25) is 0 Å². The predicted octanol–water partition coefficient (Wildman–Crippen LogP) is 5.20. The fourth-order valence-electron chi connectivity index (χ4n) is 2.38. The van der Waals surface area contributed by atoms with Crippen molar-refractivity contribution in [2.75, 3.05) is 0 Å². The molecule has 0 unspecified atom stereocenters. The summed E-state index contributed by atoms with van der Waals surface area (Å²) in [6, 6.07) is 22.0. The van der Waals surface area contributed by atoms with Crippen LogP contribution in [0.15, 0.2) is 82.7 Å². The Balaban J connectivity index is 1.79. The third-order valence-electron chi connectivity index (χ3n) is 3.47. The molecule has 4 aromatic rings. The van der Waals surface area contributed by atoms with Gasteiger partial charge in [0.05, 0.1) is 5.02 Å². The maximum absolute atomic E-state index is 6.30. The van der Waals surface area contributed by atoms with Crippen molar-refractivity contribution in [2.24, 2.45) is 0 Å². The summed E-state index contributed by atoms with van der Waals surface area (Å²) >= 11 is 8.00. The predicted molar refractivity (Wildman–Crippen MR) is 94.0 cm³/mol. The quantitative estimate of drug-likeness (QED) is 0.514. The molecule has 0 spiro atoms. The van der Waals surface area contributed by atoms with E-state index in [1.54, 1.807) is 11.8 Å². The second-order valence-electron chi connectivity index (χ2n) is 5.01. The van der Waals surface area contributed by atoms with Crippen molar-refractivity contribution in [1.82, 2.24) is 14.6 Å². The molecule has 23 heavy (non-hydrogen) atoms. The van der Waals surface area contributed by atoms with Crippen molar-refractivity contribution in [1.29, 1.82) is 0 Å². The molecule has 5 heteroatoms. The lowest BCUT2D eigenvalue weighted by Crippen LogP contribution is -1.90. The Morgan fingerprint density at radius 3 is 2.39 bits per heavy atom. The molecule has 0 saturated carbocycles. The first-order chi connectivity index (χ1) is 11.3. The molecular weight excluding hydrogens is 326 g/mol. The van der Waals surface area contributed by atoms with Gasteiger partial charge in [-0.2, -0.15) is 0 Å². The zero-order chi connectivity index (χ0) is 15.6. The van der Waals surface area contributed by atoms with E-state index >= 15 is 0 Å². The van der Waals surface area contributed by atoms with Crippen molar-refractivity contribution < 1.29 is 0 Å². The topological polar surface area (TPSA) is 30.2 Å². The lowest BCUT2D eigenvalue weighted by molar-refractivity contribution is 1.10. The molecule has 0 aliphatic carbocycles. The zero-order valence-electron chi connectivity index (χ0n) is 12.1. The fourth-order valence-corrected chi connectivity index (χ4v) is 3.46. The smallest absolute Gasteiger partial charge is 0.169 e. The third-order valence-corrected chi connectivity index (χ3v) is 4.78. The highest BCUT2D eigenvalue weighted by Crippen LogP contribution is 2.30. The number of rotatable bonds is 3. The largest absolute Gasteiger partial charge is 0.281 e. The Labute approximate surface area is 142 Å². The molecule has 0 aliphatic heterocycles. The summed E-state index contributed by atoms with van der Waals surface area (Å²) in [5.41, 5.74) is 1.68. The van der Waals surface area contributed by atoms with Gasteiger partial charge in [-0.25, -0.2) is 0 Å². The minimum Gasteiger partial charge on any atom is -0.281 e. The SMILES string of the molecule is Clc1ccccc1-c1nnc2ccc(Sc3ccccc3)cn12. The highest BCUT2D eigenvalue weighted by Gasteiger charge is 2.11. The number of aromatic nitrogens is 3. The van der Waals surface area contributed by atoms with Crippen LogP contribution in [0.25, 0.3) is 17.0 Å². The second kappa shape index (κ2) is 6.07. The lowest BCUT2D eigenvalue weighted by Gasteiger charge is -2.05. The van der Waals surface area contributed by atoms with Crippen LogP contribution in [0, 0.1) is 0 Å². The van der Waals surface area contributed by atoms with Gasteiger partial charge in [0, 0.05) is 21.6 Å². The molecule has 0 aliphatic rings. The minimum atomic E-state index is 0.669. The van der Waals surface area contributed by atoms with E-state index in [1.165, 1.54) is 4.90 Å². The molecule has 0 fully saturated rings. The standard InChI is InChI=1S/C18H12ClN3S/c19-16-9-5-4-8-15(16)18-21-20-17-11-10-14(12-22(17)18)23-13-6-2-1-3-7-13/h1-12H. The number of hydrogen-bond acceptors (Lipinski definition) is 3. The first kappa shape index (κ1) is 14.3. The van der Waals surface area contributed by atoms with Gasteiger partial charge in [0.1, 0.15) is 0 Å². The second-order valence-corrected chi connectivity index (χ2v) is 6.57. The van der Waals surface area contributed by atoms with Crippen LogP contribution in [0.4, 0.5) is 0 Å². The van der Waals surface area contributed by atoms with Gasteiger partial charge in [0.15, 0.2) is 11.5 Å². The number of nitrogens with zero attached hydrogens (tertiary/aromatic N) is 3. The first-order valence-corrected chi connectivity index (χ1v) is 8.33. The number of halogens is 1. The average Bonchev–Trinajstić information content (AvgIpc) is 2.99. The van der Waals surface area contributed by atoms with Crippen LogP contribution in [0.3, 0.4) is 0 Å². The van der Waals surface area contributed by atoms with Crippen molar-refractivity contribution >= 4 is 29.0 Å². The Bertz CT molecular complexity index is 966. The Hall–Kier alpha value is -2.30. The van der Waals surface area contributed by atoms with Gasteiger partial charge in [-0.05, 0) is 36.4 Å². The molecule has 2 aromatic heterocycles. The monoisotopic (exact) mass is 337 g/mol. The number of benzene rings is 2. The summed E-state index contributed by atoms with van der Waals surface area (Å²) < 4.78 is 1.98. The average molecular weight is 338 g/mol. The molecule has 4 rings (SSSR count). The van der Waals surface area contributed by atoms with Crippen LogP contribution in [0.2, 0.25) is 5.02 Å². The van der Waals surface area contributed by atoms with E-state index in [9.17, 15) is 0 Å². The zero-order valence-corrected chi connectivity index (χ0v) is 13.6. The fraction of sp³-hybridized carbons (Fsp3) is 0. The van der Waals surface area contributed by atoms with Crippen molar-refractivity contribution in [3.8, 4) is 11.4 Å². The Morgan fingerprint density at radius 1 is 0.783 bits per heavy atom. The lowest BCUT2D eigenvalue weighted by atomic mass is 10.2. The van der Waals surface area contributed by atoms with E-state index in [0.29, 0.717) is 5.02 Å². The molecule has 0 saturated heterocycles. The molecule has 3 nitrogen and oxygen atoms in total. The van der Waals surface area contributed by atoms with Gasteiger partial charge in [-0.15, -0.1) is 10.2 Å². The molecule has 2 aromatic carbocycles. The summed E-state index contributed by atoms with van der Waals surface area (Å²) in [4.78, 5) is 2.32. The van der Waals surface area contributed by atoms with Crippen LogP contribution < -0.4 is 0 Å². The van der Waals surface area contributed by atoms with Crippen molar-refractivity contribution in [2.45, 2.75) is 9.79 Å². The van der Waals surface area contributed by atoms with Gasteiger partial charge in [0.25, 0.3) is 0 Å². The molecular formula is C18H12ClN3S. The number of hydrogen-bond donors (Lipinski definition) is 0. The molecule has 2 heterocycles. The summed E-state index contributed by atoms with van der Waals surface area (Å²) in [5, 5.41) is 9.19. The summed E-state index contributed by atoms with van der Waals surface area (Å²) in [6.07, 6.45) is 2.05. The summed E-state index contributed by atoms with van der Waals surface area (Å²) in [7, 11) is 0. The van der Waals surface area contributed by atoms with Gasteiger partial charge in [-0.1, -0.05) is 53.7 Å². The molecule has 0 atom stereocenters. The van der Waals surface area contributed by atoms with E-state index in [4.69, 9.17) is 11.6 Å². The van der Waals surface area contributed by atoms with Gasteiger partial charge < -0.3 is 0 Å². The van der Waals surface area contributed by atoms with Crippen LogP contribution in [-0.4, -0.2) is 14.6 Å². The maximum atomic E-state index is 6.30. The van der Waals surface area contributed by atoms with E-state index in [2.05, 4.69) is 28.4 Å². The molecule has 0 amide bonds. The number of fused-ring (bicyclic) bond motifs is 1. The summed E-state index contributed by atoms with van der Waals surface area (Å²) in [5.74, 6) is 0.751. The van der Waals surface area contributed by atoms with Crippen LogP contribution >= 0.6 is 23.4 Å². The minimum absolute atomic E-state index is 0.669.